The van der Waals surface area contributed by atoms with E-state index in [2.05, 4.69) is 21.2 Å². The highest BCUT2D eigenvalue weighted by molar-refractivity contribution is 9.09. The first-order valence-electron chi connectivity index (χ1n) is 5.75. The summed E-state index contributed by atoms with van der Waals surface area (Å²) >= 11 is 3.47. The Balaban J connectivity index is 1.68. The average Bonchev–Trinajstić information content (AvgIpc) is 3.16. The van der Waals surface area contributed by atoms with Crippen LogP contribution in [0.5, 0.6) is 0 Å². The van der Waals surface area contributed by atoms with Crippen molar-refractivity contribution >= 4 is 22.0 Å². The summed E-state index contributed by atoms with van der Waals surface area (Å²) in [7, 11) is 0. The standard InChI is InChI=1S/C13H16BrNO2/c14-9-13(6-7-13)10-15-12(16)17-8-11-4-2-1-3-5-11/h1-5H,6-10H2,(H,15,16). The van der Waals surface area contributed by atoms with Crippen LogP contribution in [-0.2, 0) is 11.3 Å². The zero-order valence-corrected chi connectivity index (χ0v) is 11.2. The molecule has 1 N–H and O–H groups in total. The van der Waals surface area contributed by atoms with Crippen molar-refractivity contribution in [3.63, 3.8) is 0 Å². The number of alkyl halides is 1. The number of carbonyl (C=O) groups excluding carboxylic acids is 1. The molecular formula is C13H16BrNO2. The number of halogens is 1. The Morgan fingerprint density at radius 3 is 2.65 bits per heavy atom. The summed E-state index contributed by atoms with van der Waals surface area (Å²) in [5.41, 5.74) is 1.29. The van der Waals surface area contributed by atoms with Gasteiger partial charge >= 0.3 is 6.09 Å². The number of amides is 1. The zero-order valence-electron chi connectivity index (χ0n) is 9.62. The predicted octanol–water partition coefficient (Wildman–Crippen LogP) is 3.09. The molecule has 1 aromatic rings. The SMILES string of the molecule is O=C(NCC1(CBr)CC1)OCc1ccccc1. The smallest absolute Gasteiger partial charge is 0.407 e. The lowest BCUT2D eigenvalue weighted by atomic mass is 10.1. The summed E-state index contributed by atoms with van der Waals surface area (Å²) in [4.78, 5) is 11.5. The second kappa shape index (κ2) is 5.54. The molecule has 0 atom stereocenters. The molecule has 0 aromatic heterocycles. The highest BCUT2D eigenvalue weighted by Gasteiger charge is 2.41. The molecule has 1 saturated carbocycles. The van der Waals surface area contributed by atoms with Gasteiger partial charge in [-0.15, -0.1) is 0 Å². The Labute approximate surface area is 110 Å². The van der Waals surface area contributed by atoms with Crippen LogP contribution in [0.2, 0.25) is 0 Å². The summed E-state index contributed by atoms with van der Waals surface area (Å²) in [6.07, 6.45) is 2.02. The first kappa shape index (κ1) is 12.4. The molecule has 0 aliphatic heterocycles. The van der Waals surface area contributed by atoms with E-state index in [-0.39, 0.29) is 11.5 Å². The van der Waals surface area contributed by atoms with Gasteiger partial charge in [-0.3, -0.25) is 0 Å². The van der Waals surface area contributed by atoms with Gasteiger partial charge in [0.05, 0.1) is 0 Å². The molecule has 0 radical (unpaired) electrons. The Kier molecular flexibility index (Phi) is 4.05. The first-order valence-corrected chi connectivity index (χ1v) is 6.87. The summed E-state index contributed by atoms with van der Waals surface area (Å²) < 4.78 is 5.13. The molecule has 17 heavy (non-hydrogen) atoms. The van der Waals surface area contributed by atoms with Crippen molar-refractivity contribution in [3.8, 4) is 0 Å². The second-order valence-electron chi connectivity index (χ2n) is 4.55. The van der Waals surface area contributed by atoms with Crippen LogP contribution >= 0.6 is 15.9 Å². The molecule has 0 heterocycles. The third-order valence-electron chi connectivity index (χ3n) is 3.06. The van der Waals surface area contributed by atoms with Crippen molar-refractivity contribution in [3.05, 3.63) is 35.9 Å². The minimum absolute atomic E-state index is 0.283. The van der Waals surface area contributed by atoms with E-state index >= 15 is 0 Å². The van der Waals surface area contributed by atoms with Crippen LogP contribution in [0.4, 0.5) is 4.79 Å². The summed E-state index contributed by atoms with van der Waals surface area (Å²) in [5.74, 6) is 0. The highest BCUT2D eigenvalue weighted by Crippen LogP contribution is 2.46. The molecule has 1 amide bonds. The van der Waals surface area contributed by atoms with Gasteiger partial charge in [-0.2, -0.15) is 0 Å². The van der Waals surface area contributed by atoms with Gasteiger partial charge in [-0.25, -0.2) is 4.79 Å². The van der Waals surface area contributed by atoms with E-state index in [9.17, 15) is 4.79 Å². The minimum Gasteiger partial charge on any atom is -0.445 e. The van der Waals surface area contributed by atoms with Crippen LogP contribution in [0.1, 0.15) is 18.4 Å². The van der Waals surface area contributed by atoms with Gasteiger partial charge in [-0.05, 0) is 23.8 Å². The van der Waals surface area contributed by atoms with E-state index in [1.54, 1.807) is 0 Å². The molecule has 3 nitrogen and oxygen atoms in total. The molecule has 92 valence electrons. The van der Waals surface area contributed by atoms with Crippen LogP contribution in [0.3, 0.4) is 0 Å². The number of rotatable bonds is 5. The van der Waals surface area contributed by atoms with Crippen molar-refractivity contribution in [2.75, 3.05) is 11.9 Å². The Morgan fingerprint density at radius 1 is 1.35 bits per heavy atom. The molecule has 0 spiro atoms. The molecule has 1 aromatic carbocycles. The molecule has 4 heteroatoms. The zero-order chi connectivity index (χ0) is 12.1. The number of alkyl carbamates (subject to hydrolysis) is 1. The number of hydrogen-bond acceptors (Lipinski definition) is 2. The topological polar surface area (TPSA) is 38.3 Å². The molecule has 2 rings (SSSR count). The van der Waals surface area contributed by atoms with Crippen molar-refractivity contribution in [2.24, 2.45) is 5.41 Å². The number of hydrogen-bond donors (Lipinski definition) is 1. The van der Waals surface area contributed by atoms with Crippen LogP contribution in [-0.4, -0.2) is 18.0 Å². The van der Waals surface area contributed by atoms with Crippen molar-refractivity contribution in [1.29, 1.82) is 0 Å². The van der Waals surface area contributed by atoms with Gasteiger partial charge in [0.15, 0.2) is 0 Å². The van der Waals surface area contributed by atoms with E-state index in [1.165, 1.54) is 12.8 Å². The van der Waals surface area contributed by atoms with Gasteiger partial charge in [0, 0.05) is 11.9 Å². The Hall–Kier alpha value is -1.03. The molecule has 1 aliphatic rings. The lowest BCUT2D eigenvalue weighted by Crippen LogP contribution is -2.31. The second-order valence-corrected chi connectivity index (χ2v) is 5.11. The van der Waals surface area contributed by atoms with Crippen LogP contribution in [0.25, 0.3) is 0 Å². The number of carbonyl (C=O) groups is 1. The predicted molar refractivity (Wildman–Crippen MR) is 70.1 cm³/mol. The minimum atomic E-state index is -0.332. The van der Waals surface area contributed by atoms with Gasteiger partial charge in [0.25, 0.3) is 0 Å². The van der Waals surface area contributed by atoms with Crippen LogP contribution in [0.15, 0.2) is 30.3 Å². The fraction of sp³-hybridized carbons (Fsp3) is 0.462. The van der Waals surface area contributed by atoms with Crippen LogP contribution in [0, 0.1) is 5.41 Å². The monoisotopic (exact) mass is 297 g/mol. The fourth-order valence-corrected chi connectivity index (χ4v) is 2.33. The summed E-state index contributed by atoms with van der Waals surface area (Å²) in [6, 6.07) is 9.68. The molecule has 1 aliphatic carbocycles. The van der Waals surface area contributed by atoms with Gasteiger partial charge in [0.1, 0.15) is 6.61 Å². The number of nitrogens with one attached hydrogen (secondary N) is 1. The molecular weight excluding hydrogens is 282 g/mol. The fourth-order valence-electron chi connectivity index (χ4n) is 1.57. The molecule has 0 unspecified atom stereocenters. The average molecular weight is 298 g/mol. The first-order chi connectivity index (χ1) is 8.24. The number of benzene rings is 1. The van der Waals surface area contributed by atoms with E-state index in [0.717, 1.165) is 10.9 Å². The lowest BCUT2D eigenvalue weighted by molar-refractivity contribution is 0.138. The summed E-state index contributed by atoms with van der Waals surface area (Å²) in [5, 5.41) is 3.76. The third kappa shape index (κ3) is 3.73. The maximum atomic E-state index is 11.5. The maximum absolute atomic E-state index is 11.5. The van der Waals surface area contributed by atoms with Crippen molar-refractivity contribution < 1.29 is 9.53 Å². The largest absolute Gasteiger partial charge is 0.445 e. The number of ether oxygens (including phenoxy) is 1. The van der Waals surface area contributed by atoms with Crippen LogP contribution < -0.4 is 5.32 Å². The van der Waals surface area contributed by atoms with E-state index in [4.69, 9.17) is 4.74 Å². The maximum Gasteiger partial charge on any atom is 0.407 e. The van der Waals surface area contributed by atoms with Gasteiger partial charge in [-0.1, -0.05) is 46.3 Å². The third-order valence-corrected chi connectivity index (χ3v) is 4.25. The quantitative estimate of drug-likeness (QED) is 0.848. The van der Waals surface area contributed by atoms with Crippen molar-refractivity contribution in [1.82, 2.24) is 5.32 Å². The van der Waals surface area contributed by atoms with E-state index in [1.807, 2.05) is 30.3 Å². The molecule has 1 fully saturated rings. The van der Waals surface area contributed by atoms with Gasteiger partial charge < -0.3 is 10.1 Å². The van der Waals surface area contributed by atoms with E-state index < -0.39 is 0 Å². The lowest BCUT2D eigenvalue weighted by Gasteiger charge is -2.12. The normalized spacial score (nSPS) is 16.3. The Bertz CT molecular complexity index is 376. The van der Waals surface area contributed by atoms with E-state index in [0.29, 0.717) is 13.2 Å². The summed E-state index contributed by atoms with van der Waals surface area (Å²) in [6.45, 7) is 1.03. The molecule has 0 bridgehead atoms. The molecule has 0 saturated heterocycles. The Morgan fingerprint density at radius 2 is 2.06 bits per heavy atom. The van der Waals surface area contributed by atoms with Crippen molar-refractivity contribution in [2.45, 2.75) is 19.4 Å². The van der Waals surface area contributed by atoms with Gasteiger partial charge in [0.2, 0.25) is 0 Å². The highest BCUT2D eigenvalue weighted by atomic mass is 79.9.